The van der Waals surface area contributed by atoms with Crippen molar-refractivity contribution < 1.29 is 19.1 Å². The Labute approximate surface area is 155 Å². The maximum atomic E-state index is 11.7. The summed E-state index contributed by atoms with van der Waals surface area (Å²) in [4.78, 5) is 34.7. The van der Waals surface area contributed by atoms with Crippen LogP contribution in [0.2, 0.25) is 5.02 Å². The first-order chi connectivity index (χ1) is 12.5. The Kier molecular flexibility index (Phi) is 6.87. The van der Waals surface area contributed by atoms with E-state index in [1.165, 1.54) is 13.3 Å². The van der Waals surface area contributed by atoms with Gasteiger partial charge in [-0.05, 0) is 35.4 Å². The predicted molar refractivity (Wildman–Crippen MR) is 96.8 cm³/mol. The highest BCUT2D eigenvalue weighted by Crippen LogP contribution is 2.09. The second kappa shape index (κ2) is 9.33. The molecule has 0 aliphatic carbocycles. The highest BCUT2D eigenvalue weighted by atomic mass is 35.5. The minimum atomic E-state index is -0.888. The zero-order chi connectivity index (χ0) is 18.9. The van der Waals surface area contributed by atoms with Gasteiger partial charge in [-0.3, -0.25) is 9.59 Å². The molecule has 134 valence electrons. The molecule has 0 saturated carbocycles. The molecule has 2 rings (SSSR count). The standard InChI is InChI=1S/C18H16ClN3O4/c1-26-18(25)14-6-2-13(3-7-14)11-21-22-17(24)16(23)20-10-12-4-8-15(19)9-5-12/h2-9,11H,10H2,1H3,(H,20,23)(H,22,24)/b21-11+. The lowest BCUT2D eigenvalue weighted by molar-refractivity contribution is -0.139. The lowest BCUT2D eigenvalue weighted by atomic mass is 10.1. The summed E-state index contributed by atoms with van der Waals surface area (Å²) in [6.45, 7) is 0.197. The van der Waals surface area contributed by atoms with Gasteiger partial charge in [0.05, 0.1) is 18.9 Å². The Morgan fingerprint density at radius 3 is 2.31 bits per heavy atom. The number of esters is 1. The maximum Gasteiger partial charge on any atom is 0.337 e. The monoisotopic (exact) mass is 373 g/mol. The van der Waals surface area contributed by atoms with Gasteiger partial charge in [0.25, 0.3) is 0 Å². The quantitative estimate of drug-likeness (QED) is 0.362. The summed E-state index contributed by atoms with van der Waals surface area (Å²) in [5.41, 5.74) is 3.98. The van der Waals surface area contributed by atoms with Crippen LogP contribution in [-0.4, -0.2) is 31.1 Å². The van der Waals surface area contributed by atoms with Crippen LogP contribution >= 0.6 is 11.6 Å². The number of nitrogens with zero attached hydrogens (tertiary/aromatic N) is 1. The van der Waals surface area contributed by atoms with Gasteiger partial charge >= 0.3 is 17.8 Å². The van der Waals surface area contributed by atoms with Crippen molar-refractivity contribution in [1.82, 2.24) is 10.7 Å². The number of hydrazone groups is 1. The van der Waals surface area contributed by atoms with Crippen LogP contribution in [0.3, 0.4) is 0 Å². The Balaban J connectivity index is 1.81. The highest BCUT2D eigenvalue weighted by Gasteiger charge is 2.11. The van der Waals surface area contributed by atoms with Gasteiger partial charge in [0.15, 0.2) is 0 Å². The van der Waals surface area contributed by atoms with Crippen molar-refractivity contribution in [2.75, 3.05) is 7.11 Å². The Morgan fingerprint density at radius 1 is 1.04 bits per heavy atom. The first-order valence-corrected chi connectivity index (χ1v) is 7.91. The number of hydrogen-bond acceptors (Lipinski definition) is 5. The van der Waals surface area contributed by atoms with Gasteiger partial charge in [-0.1, -0.05) is 35.9 Å². The van der Waals surface area contributed by atoms with Crippen LogP contribution in [0.1, 0.15) is 21.5 Å². The van der Waals surface area contributed by atoms with E-state index in [1.807, 2.05) is 0 Å². The smallest absolute Gasteiger partial charge is 0.337 e. The van der Waals surface area contributed by atoms with Crippen molar-refractivity contribution in [1.29, 1.82) is 0 Å². The Morgan fingerprint density at radius 2 is 1.69 bits per heavy atom. The zero-order valence-electron chi connectivity index (χ0n) is 13.9. The summed E-state index contributed by atoms with van der Waals surface area (Å²) in [6.07, 6.45) is 1.35. The fourth-order valence-electron chi connectivity index (χ4n) is 1.90. The molecule has 0 unspecified atom stereocenters. The molecule has 0 bridgehead atoms. The topological polar surface area (TPSA) is 96.9 Å². The van der Waals surface area contributed by atoms with Crippen molar-refractivity contribution in [3.63, 3.8) is 0 Å². The summed E-state index contributed by atoms with van der Waals surface area (Å²) < 4.78 is 4.60. The van der Waals surface area contributed by atoms with Crippen LogP contribution in [-0.2, 0) is 20.9 Å². The highest BCUT2D eigenvalue weighted by molar-refractivity contribution is 6.35. The average molecular weight is 374 g/mol. The molecule has 0 atom stereocenters. The molecule has 0 spiro atoms. The third-order valence-electron chi connectivity index (χ3n) is 3.28. The van der Waals surface area contributed by atoms with Crippen LogP contribution in [0.5, 0.6) is 0 Å². The normalized spacial score (nSPS) is 10.4. The number of nitrogens with one attached hydrogen (secondary N) is 2. The third kappa shape index (κ3) is 5.71. The number of carbonyl (C=O) groups excluding carboxylic acids is 3. The minimum Gasteiger partial charge on any atom is -0.465 e. The molecule has 0 radical (unpaired) electrons. The Bertz CT molecular complexity index is 817. The lowest BCUT2D eigenvalue weighted by Crippen LogP contribution is -2.37. The summed E-state index contributed by atoms with van der Waals surface area (Å²) >= 11 is 5.77. The molecule has 2 amide bonds. The molecule has 0 aromatic heterocycles. The largest absolute Gasteiger partial charge is 0.465 e. The summed E-state index contributed by atoms with van der Waals surface area (Å²) in [6, 6.07) is 13.3. The van der Waals surface area contributed by atoms with Gasteiger partial charge in [-0.15, -0.1) is 0 Å². The van der Waals surface area contributed by atoms with Crippen molar-refractivity contribution >= 4 is 35.6 Å². The zero-order valence-corrected chi connectivity index (χ0v) is 14.6. The molecule has 0 aliphatic rings. The van der Waals surface area contributed by atoms with Crippen LogP contribution in [0.15, 0.2) is 53.6 Å². The number of amides is 2. The number of rotatable bonds is 5. The Hall–Kier alpha value is -3.19. The fourth-order valence-corrected chi connectivity index (χ4v) is 2.03. The molecule has 2 N–H and O–H groups in total. The number of ether oxygens (including phenoxy) is 1. The first-order valence-electron chi connectivity index (χ1n) is 7.53. The van der Waals surface area contributed by atoms with Crippen molar-refractivity contribution in [2.45, 2.75) is 6.54 Å². The number of benzene rings is 2. The average Bonchev–Trinajstić information content (AvgIpc) is 2.67. The van der Waals surface area contributed by atoms with Gasteiger partial charge in [-0.25, -0.2) is 10.2 Å². The van der Waals surface area contributed by atoms with E-state index in [2.05, 4.69) is 20.6 Å². The minimum absolute atomic E-state index is 0.197. The van der Waals surface area contributed by atoms with Gasteiger partial charge in [0, 0.05) is 11.6 Å². The van der Waals surface area contributed by atoms with Crippen molar-refractivity contribution in [3.8, 4) is 0 Å². The van der Waals surface area contributed by atoms with E-state index < -0.39 is 17.8 Å². The second-order valence-corrected chi connectivity index (χ2v) is 5.56. The molecule has 8 heteroatoms. The molecule has 0 fully saturated rings. The summed E-state index contributed by atoms with van der Waals surface area (Å²) in [5.74, 6) is -2.14. The van der Waals surface area contributed by atoms with E-state index in [0.717, 1.165) is 5.56 Å². The summed E-state index contributed by atoms with van der Waals surface area (Å²) in [7, 11) is 1.30. The van der Waals surface area contributed by atoms with E-state index in [4.69, 9.17) is 11.6 Å². The molecular formula is C18H16ClN3O4. The van der Waals surface area contributed by atoms with Crippen LogP contribution in [0, 0.1) is 0 Å². The first kappa shape index (κ1) is 19.1. The molecule has 2 aromatic rings. The van der Waals surface area contributed by atoms with Crippen molar-refractivity contribution in [2.24, 2.45) is 5.10 Å². The fraction of sp³-hybridized carbons (Fsp3) is 0.111. The van der Waals surface area contributed by atoms with Gasteiger partial charge in [0.1, 0.15) is 0 Å². The predicted octanol–water partition coefficient (Wildman–Crippen LogP) is 1.89. The molecule has 0 saturated heterocycles. The van der Waals surface area contributed by atoms with E-state index in [9.17, 15) is 14.4 Å². The molecule has 0 heterocycles. The number of halogens is 1. The van der Waals surface area contributed by atoms with Crippen LogP contribution in [0.4, 0.5) is 0 Å². The summed E-state index contributed by atoms with van der Waals surface area (Å²) in [5, 5.41) is 6.77. The maximum absolute atomic E-state index is 11.7. The number of carbonyl (C=O) groups is 3. The second-order valence-electron chi connectivity index (χ2n) is 5.12. The lowest BCUT2D eigenvalue weighted by Gasteiger charge is -2.04. The molecule has 0 aliphatic heterocycles. The van der Waals surface area contributed by atoms with Crippen LogP contribution in [0.25, 0.3) is 0 Å². The van der Waals surface area contributed by atoms with E-state index in [1.54, 1.807) is 48.5 Å². The number of methoxy groups -OCH3 is 1. The molecule has 7 nitrogen and oxygen atoms in total. The van der Waals surface area contributed by atoms with Gasteiger partial charge < -0.3 is 10.1 Å². The van der Waals surface area contributed by atoms with E-state index in [-0.39, 0.29) is 6.54 Å². The number of hydrogen-bond donors (Lipinski definition) is 2. The van der Waals surface area contributed by atoms with E-state index >= 15 is 0 Å². The molecular weight excluding hydrogens is 358 g/mol. The van der Waals surface area contributed by atoms with Gasteiger partial charge in [-0.2, -0.15) is 5.10 Å². The third-order valence-corrected chi connectivity index (χ3v) is 3.54. The molecule has 2 aromatic carbocycles. The molecule has 26 heavy (non-hydrogen) atoms. The van der Waals surface area contributed by atoms with Gasteiger partial charge in [0.2, 0.25) is 0 Å². The van der Waals surface area contributed by atoms with Crippen LogP contribution < -0.4 is 10.7 Å². The SMILES string of the molecule is COC(=O)c1ccc(/C=N/NC(=O)C(=O)NCc2ccc(Cl)cc2)cc1. The van der Waals surface area contributed by atoms with Crippen molar-refractivity contribution in [3.05, 3.63) is 70.2 Å². The van der Waals surface area contributed by atoms with E-state index in [0.29, 0.717) is 16.1 Å².